The van der Waals surface area contributed by atoms with Gasteiger partial charge in [0.05, 0.1) is 6.04 Å². The SMILES string of the molecule is CC(C=O)NC(=O)C=CBr. The average Bonchev–Trinajstić information content (AvgIpc) is 1.88. The predicted octanol–water partition coefficient (Wildman–Crippen LogP) is 0.599. The van der Waals surface area contributed by atoms with Crippen molar-refractivity contribution in [3.05, 3.63) is 11.1 Å². The molecule has 0 radical (unpaired) electrons. The van der Waals surface area contributed by atoms with Gasteiger partial charge in [0.1, 0.15) is 6.29 Å². The van der Waals surface area contributed by atoms with E-state index in [0.29, 0.717) is 6.29 Å². The van der Waals surface area contributed by atoms with E-state index in [0.717, 1.165) is 0 Å². The Morgan fingerprint density at radius 3 is 2.70 bits per heavy atom. The zero-order valence-electron chi connectivity index (χ0n) is 5.50. The molecule has 10 heavy (non-hydrogen) atoms. The van der Waals surface area contributed by atoms with Gasteiger partial charge < -0.3 is 10.1 Å². The van der Waals surface area contributed by atoms with E-state index in [1.54, 1.807) is 6.92 Å². The molecule has 0 aromatic carbocycles. The zero-order valence-corrected chi connectivity index (χ0v) is 7.09. The Balaban J connectivity index is 3.67. The van der Waals surface area contributed by atoms with Crippen molar-refractivity contribution in [3.63, 3.8) is 0 Å². The number of halogens is 1. The maximum atomic E-state index is 10.6. The Bertz CT molecular complexity index is 156. The highest BCUT2D eigenvalue weighted by Gasteiger charge is 2.00. The highest BCUT2D eigenvalue weighted by molar-refractivity contribution is 9.11. The minimum Gasteiger partial charge on any atom is -0.343 e. The number of rotatable bonds is 3. The van der Waals surface area contributed by atoms with Crippen LogP contribution in [0, 0.1) is 0 Å². The van der Waals surface area contributed by atoms with Gasteiger partial charge in [0, 0.05) is 6.08 Å². The minimum absolute atomic E-state index is 0.281. The molecule has 0 saturated carbocycles. The smallest absolute Gasteiger partial charge is 0.245 e. The summed E-state index contributed by atoms with van der Waals surface area (Å²) in [6.07, 6.45) is 1.96. The number of nitrogens with one attached hydrogen (secondary N) is 1. The lowest BCUT2D eigenvalue weighted by Crippen LogP contribution is -2.31. The fourth-order valence-electron chi connectivity index (χ4n) is 0.364. The lowest BCUT2D eigenvalue weighted by Gasteiger charge is -2.01. The number of aldehydes is 1. The largest absolute Gasteiger partial charge is 0.343 e. The van der Waals surface area contributed by atoms with Crippen LogP contribution in [0.1, 0.15) is 6.92 Å². The van der Waals surface area contributed by atoms with Gasteiger partial charge in [-0.05, 0) is 11.9 Å². The normalized spacial score (nSPS) is 13.0. The van der Waals surface area contributed by atoms with E-state index < -0.39 is 6.04 Å². The standard InChI is InChI=1S/C6H8BrNO2/c1-5(4-9)8-6(10)2-3-7/h2-5H,1H3,(H,8,10). The number of amides is 1. The van der Waals surface area contributed by atoms with Gasteiger partial charge in [0.25, 0.3) is 0 Å². The summed E-state index contributed by atoms with van der Waals surface area (Å²) < 4.78 is 0. The molecule has 1 unspecified atom stereocenters. The van der Waals surface area contributed by atoms with Crippen molar-refractivity contribution in [1.82, 2.24) is 5.32 Å². The van der Waals surface area contributed by atoms with Crippen LogP contribution in [-0.4, -0.2) is 18.2 Å². The van der Waals surface area contributed by atoms with Crippen LogP contribution in [0.5, 0.6) is 0 Å². The van der Waals surface area contributed by atoms with Crippen molar-refractivity contribution in [3.8, 4) is 0 Å². The number of hydrogen-bond acceptors (Lipinski definition) is 2. The summed E-state index contributed by atoms with van der Waals surface area (Å²) in [5.74, 6) is -0.281. The zero-order chi connectivity index (χ0) is 7.98. The second-order valence-electron chi connectivity index (χ2n) is 1.73. The molecule has 0 fully saturated rings. The summed E-state index contributed by atoms with van der Waals surface area (Å²) in [6, 6.07) is -0.420. The second kappa shape index (κ2) is 5.17. The quantitative estimate of drug-likeness (QED) is 0.542. The van der Waals surface area contributed by atoms with Crippen LogP contribution in [0.25, 0.3) is 0 Å². The van der Waals surface area contributed by atoms with E-state index in [1.807, 2.05) is 0 Å². The van der Waals surface area contributed by atoms with Crippen molar-refractivity contribution in [2.45, 2.75) is 13.0 Å². The Labute approximate surface area is 67.6 Å². The summed E-state index contributed by atoms with van der Waals surface area (Å²) in [4.78, 5) is 22.1. The third kappa shape index (κ3) is 4.26. The fourth-order valence-corrected chi connectivity index (χ4v) is 0.604. The minimum atomic E-state index is -0.420. The Morgan fingerprint density at radius 1 is 1.70 bits per heavy atom. The first kappa shape index (κ1) is 9.36. The van der Waals surface area contributed by atoms with E-state index in [4.69, 9.17) is 0 Å². The van der Waals surface area contributed by atoms with Crippen molar-refractivity contribution in [2.24, 2.45) is 0 Å². The molecule has 0 saturated heterocycles. The summed E-state index contributed by atoms with van der Waals surface area (Å²) in [6.45, 7) is 1.60. The molecule has 1 amide bonds. The summed E-state index contributed by atoms with van der Waals surface area (Å²) in [7, 11) is 0. The van der Waals surface area contributed by atoms with Gasteiger partial charge in [-0.25, -0.2) is 0 Å². The predicted molar refractivity (Wildman–Crippen MR) is 41.7 cm³/mol. The van der Waals surface area contributed by atoms with E-state index in [2.05, 4.69) is 21.2 Å². The molecule has 0 aliphatic carbocycles. The van der Waals surface area contributed by atoms with E-state index in [1.165, 1.54) is 11.1 Å². The Hall–Kier alpha value is -0.640. The van der Waals surface area contributed by atoms with Crippen LogP contribution in [-0.2, 0) is 9.59 Å². The molecule has 0 bridgehead atoms. The van der Waals surface area contributed by atoms with Gasteiger partial charge >= 0.3 is 0 Å². The topological polar surface area (TPSA) is 46.2 Å². The molecule has 0 aromatic heterocycles. The molecule has 56 valence electrons. The number of hydrogen-bond donors (Lipinski definition) is 1. The molecule has 1 atom stereocenters. The summed E-state index contributed by atoms with van der Waals surface area (Å²) >= 11 is 2.93. The van der Waals surface area contributed by atoms with Crippen LogP contribution in [0.3, 0.4) is 0 Å². The molecule has 0 aliphatic rings. The maximum Gasteiger partial charge on any atom is 0.245 e. The van der Waals surface area contributed by atoms with Crippen LogP contribution in [0.2, 0.25) is 0 Å². The van der Waals surface area contributed by atoms with Gasteiger partial charge in [-0.1, -0.05) is 15.9 Å². The van der Waals surface area contributed by atoms with Crippen molar-refractivity contribution in [1.29, 1.82) is 0 Å². The maximum absolute atomic E-state index is 10.6. The van der Waals surface area contributed by atoms with Crippen molar-refractivity contribution < 1.29 is 9.59 Å². The van der Waals surface area contributed by atoms with E-state index in [9.17, 15) is 9.59 Å². The van der Waals surface area contributed by atoms with Crippen LogP contribution < -0.4 is 5.32 Å². The van der Waals surface area contributed by atoms with Gasteiger partial charge in [0.15, 0.2) is 0 Å². The third-order valence-corrected chi connectivity index (χ3v) is 1.05. The van der Waals surface area contributed by atoms with Crippen LogP contribution in [0.4, 0.5) is 0 Å². The van der Waals surface area contributed by atoms with Gasteiger partial charge in [0.2, 0.25) is 5.91 Å². The molecule has 0 aromatic rings. The Morgan fingerprint density at radius 2 is 2.30 bits per heavy atom. The average molecular weight is 206 g/mol. The fraction of sp³-hybridized carbons (Fsp3) is 0.333. The second-order valence-corrected chi connectivity index (χ2v) is 2.25. The van der Waals surface area contributed by atoms with E-state index in [-0.39, 0.29) is 5.91 Å². The molecule has 0 spiro atoms. The first-order valence-electron chi connectivity index (χ1n) is 2.73. The summed E-state index contributed by atoms with van der Waals surface area (Å²) in [5, 5.41) is 2.41. The van der Waals surface area contributed by atoms with Crippen LogP contribution >= 0.6 is 15.9 Å². The van der Waals surface area contributed by atoms with Gasteiger partial charge in [-0.2, -0.15) is 0 Å². The molecule has 1 N–H and O–H groups in total. The first-order chi connectivity index (χ1) is 4.70. The van der Waals surface area contributed by atoms with E-state index >= 15 is 0 Å². The molecular formula is C6H8BrNO2. The third-order valence-electron chi connectivity index (χ3n) is 0.788. The van der Waals surface area contributed by atoms with Gasteiger partial charge in [-0.3, -0.25) is 4.79 Å². The number of carbonyl (C=O) groups is 2. The molecule has 0 rings (SSSR count). The molecule has 4 heteroatoms. The van der Waals surface area contributed by atoms with Gasteiger partial charge in [-0.15, -0.1) is 0 Å². The molecule has 0 heterocycles. The number of carbonyl (C=O) groups excluding carboxylic acids is 2. The van der Waals surface area contributed by atoms with Crippen molar-refractivity contribution >= 4 is 28.1 Å². The lowest BCUT2D eigenvalue weighted by atomic mass is 10.4. The monoisotopic (exact) mass is 205 g/mol. The highest BCUT2D eigenvalue weighted by Crippen LogP contribution is 1.83. The van der Waals surface area contributed by atoms with Crippen LogP contribution in [0.15, 0.2) is 11.1 Å². The summed E-state index contributed by atoms with van der Waals surface area (Å²) in [5.41, 5.74) is 0. The molecule has 0 aliphatic heterocycles. The Kier molecular flexibility index (Phi) is 4.84. The highest BCUT2D eigenvalue weighted by atomic mass is 79.9. The lowest BCUT2D eigenvalue weighted by molar-refractivity contribution is -0.119. The first-order valence-corrected chi connectivity index (χ1v) is 3.65. The molecular weight excluding hydrogens is 198 g/mol. The van der Waals surface area contributed by atoms with Crippen molar-refractivity contribution in [2.75, 3.05) is 0 Å². The molecule has 3 nitrogen and oxygen atoms in total.